The van der Waals surface area contributed by atoms with Gasteiger partial charge in [0.05, 0.1) is 0 Å². The third-order valence-corrected chi connectivity index (χ3v) is 9.99. The maximum atomic E-state index is 2.53. The lowest BCUT2D eigenvalue weighted by molar-refractivity contribution is 1.31. The lowest BCUT2D eigenvalue weighted by Gasteiger charge is -2.37. The van der Waals surface area contributed by atoms with Crippen molar-refractivity contribution in [1.29, 1.82) is 0 Å². The van der Waals surface area contributed by atoms with Crippen LogP contribution >= 0.6 is 0 Å². The number of nitrogens with zero attached hydrogens (tertiary/aromatic N) is 1. The van der Waals surface area contributed by atoms with Gasteiger partial charge in [0.1, 0.15) is 0 Å². The third kappa shape index (κ3) is 3.77. The molecule has 8 aromatic rings. The maximum absolute atomic E-state index is 2.53. The third-order valence-electron chi connectivity index (χ3n) is 9.99. The van der Waals surface area contributed by atoms with Crippen molar-refractivity contribution in [3.8, 4) is 33.4 Å². The molecule has 10 rings (SSSR count). The van der Waals surface area contributed by atoms with Crippen LogP contribution in [0, 0.1) is 0 Å². The van der Waals surface area contributed by atoms with Gasteiger partial charge in [0.15, 0.2) is 0 Å². The smallest absolute Gasteiger partial charge is 0.248 e. The van der Waals surface area contributed by atoms with Crippen LogP contribution in [0.15, 0.2) is 170 Å². The van der Waals surface area contributed by atoms with Crippen molar-refractivity contribution in [2.24, 2.45) is 0 Å². The quantitative estimate of drug-likeness (QED) is 0.188. The highest BCUT2D eigenvalue weighted by molar-refractivity contribution is 7.01. The summed E-state index contributed by atoms with van der Waals surface area (Å²) in [6.07, 6.45) is 0. The summed E-state index contributed by atoms with van der Waals surface area (Å²) in [5.74, 6) is 0. The van der Waals surface area contributed by atoms with Crippen LogP contribution in [-0.2, 0) is 0 Å². The summed E-state index contributed by atoms with van der Waals surface area (Å²) < 4.78 is 0. The number of benzene rings is 8. The second-order valence-corrected chi connectivity index (χ2v) is 12.5. The summed E-state index contributed by atoms with van der Waals surface area (Å²) in [5, 5.41) is 5.04. The van der Waals surface area contributed by atoms with E-state index in [9.17, 15) is 0 Å². The van der Waals surface area contributed by atoms with E-state index >= 15 is 0 Å². The second-order valence-electron chi connectivity index (χ2n) is 12.5. The molecule has 0 atom stereocenters. The molecule has 0 aromatic heterocycles. The normalized spacial score (nSPS) is 12.7. The number of hydrogen-bond acceptors (Lipinski definition) is 1. The molecule has 2 aliphatic heterocycles. The summed E-state index contributed by atoms with van der Waals surface area (Å²) in [4.78, 5) is 2.53. The monoisotopic (exact) mass is 581 g/mol. The molecule has 0 N–H and O–H groups in total. The van der Waals surface area contributed by atoms with E-state index in [2.05, 4.69) is 175 Å². The molecule has 2 heteroatoms. The first-order valence-corrected chi connectivity index (χ1v) is 16.0. The Morgan fingerprint density at radius 2 is 1.00 bits per heavy atom. The molecule has 0 saturated heterocycles. The summed E-state index contributed by atoms with van der Waals surface area (Å²) in [5.41, 5.74) is 15.5. The van der Waals surface area contributed by atoms with E-state index < -0.39 is 0 Å². The van der Waals surface area contributed by atoms with E-state index in [4.69, 9.17) is 0 Å². The Morgan fingerprint density at radius 3 is 1.83 bits per heavy atom. The lowest BCUT2D eigenvalue weighted by atomic mass is 9.37. The molecule has 0 amide bonds. The average Bonchev–Trinajstić information content (AvgIpc) is 3.46. The molecular formula is C44H28BN. The standard InChI is InChI=1S/C44H28BN/c1-2-11-29(12-3-1)31-17-10-18-32(23-31)36-25-39-38-19-8-9-20-40(38)45-41-26-34-15-6-7-16-35(34)27-42(41)46(43(28-36)44(39)45)37-22-21-30-13-4-5-14-33(30)24-37/h1-28H. The molecule has 0 unspecified atom stereocenters. The molecule has 212 valence electrons. The Kier molecular flexibility index (Phi) is 5.44. The van der Waals surface area contributed by atoms with Crippen LogP contribution in [-0.4, -0.2) is 6.71 Å². The summed E-state index contributed by atoms with van der Waals surface area (Å²) in [6, 6.07) is 62.8. The highest BCUT2D eigenvalue weighted by Crippen LogP contribution is 2.44. The Labute approximate surface area is 269 Å². The van der Waals surface area contributed by atoms with Crippen LogP contribution in [0.25, 0.3) is 54.9 Å². The van der Waals surface area contributed by atoms with Crippen molar-refractivity contribution in [2.75, 3.05) is 4.90 Å². The van der Waals surface area contributed by atoms with Gasteiger partial charge in [-0.15, -0.1) is 0 Å². The molecular weight excluding hydrogens is 553 g/mol. The molecule has 0 aliphatic carbocycles. The molecule has 0 spiro atoms. The van der Waals surface area contributed by atoms with Gasteiger partial charge in [0.2, 0.25) is 6.71 Å². The van der Waals surface area contributed by atoms with Gasteiger partial charge in [-0.3, -0.25) is 0 Å². The number of hydrogen-bond donors (Lipinski definition) is 0. The minimum atomic E-state index is 0.183. The Bertz CT molecular complexity index is 2500. The molecule has 8 aromatic carbocycles. The number of rotatable bonds is 3. The zero-order valence-electron chi connectivity index (χ0n) is 25.2. The minimum Gasteiger partial charge on any atom is -0.311 e. The van der Waals surface area contributed by atoms with Crippen molar-refractivity contribution in [3.05, 3.63) is 170 Å². The van der Waals surface area contributed by atoms with Gasteiger partial charge in [-0.2, -0.15) is 0 Å². The van der Waals surface area contributed by atoms with Gasteiger partial charge in [0.25, 0.3) is 0 Å². The fourth-order valence-electron chi connectivity index (χ4n) is 7.89. The van der Waals surface area contributed by atoms with Gasteiger partial charge in [0, 0.05) is 17.1 Å². The van der Waals surface area contributed by atoms with E-state index in [1.165, 1.54) is 88.4 Å². The van der Waals surface area contributed by atoms with Gasteiger partial charge in [-0.05, 0) is 102 Å². The van der Waals surface area contributed by atoms with Crippen molar-refractivity contribution >= 4 is 61.7 Å². The van der Waals surface area contributed by atoms with E-state index in [-0.39, 0.29) is 6.71 Å². The zero-order chi connectivity index (χ0) is 30.2. The predicted octanol–water partition coefficient (Wildman–Crippen LogP) is 9.61. The first-order valence-electron chi connectivity index (χ1n) is 16.0. The van der Waals surface area contributed by atoms with Crippen molar-refractivity contribution in [1.82, 2.24) is 0 Å². The summed E-state index contributed by atoms with van der Waals surface area (Å²) in [7, 11) is 0. The molecule has 0 saturated carbocycles. The van der Waals surface area contributed by atoms with E-state index in [1.807, 2.05) is 0 Å². The molecule has 2 aliphatic rings. The van der Waals surface area contributed by atoms with Crippen molar-refractivity contribution in [3.63, 3.8) is 0 Å². The largest absolute Gasteiger partial charge is 0.311 e. The molecule has 46 heavy (non-hydrogen) atoms. The Hall–Kier alpha value is -5.86. The first-order chi connectivity index (χ1) is 22.8. The fourth-order valence-corrected chi connectivity index (χ4v) is 7.89. The van der Waals surface area contributed by atoms with Crippen LogP contribution in [0.4, 0.5) is 17.1 Å². The lowest BCUT2D eigenvalue weighted by Crippen LogP contribution is -2.54. The molecule has 1 nitrogen and oxygen atoms in total. The fraction of sp³-hybridized carbons (Fsp3) is 0. The topological polar surface area (TPSA) is 3.24 Å². The van der Waals surface area contributed by atoms with Gasteiger partial charge in [-0.1, -0.05) is 139 Å². The Balaban J connectivity index is 1.28. The number of fused-ring (bicyclic) bond motifs is 7. The molecule has 0 radical (unpaired) electrons. The molecule has 0 bridgehead atoms. The van der Waals surface area contributed by atoms with E-state index in [0.717, 1.165) is 0 Å². The van der Waals surface area contributed by atoms with Gasteiger partial charge >= 0.3 is 0 Å². The minimum absolute atomic E-state index is 0.183. The Morgan fingerprint density at radius 1 is 0.348 bits per heavy atom. The van der Waals surface area contributed by atoms with Crippen LogP contribution in [0.3, 0.4) is 0 Å². The maximum Gasteiger partial charge on any atom is 0.248 e. The van der Waals surface area contributed by atoms with Crippen LogP contribution in [0.5, 0.6) is 0 Å². The average molecular weight is 582 g/mol. The van der Waals surface area contributed by atoms with Crippen LogP contribution in [0.2, 0.25) is 0 Å². The van der Waals surface area contributed by atoms with Crippen LogP contribution in [0.1, 0.15) is 0 Å². The van der Waals surface area contributed by atoms with Gasteiger partial charge < -0.3 is 4.90 Å². The predicted molar refractivity (Wildman–Crippen MR) is 197 cm³/mol. The first kappa shape index (κ1) is 25.5. The molecule has 0 fully saturated rings. The van der Waals surface area contributed by atoms with Crippen molar-refractivity contribution < 1.29 is 0 Å². The number of anilines is 3. The van der Waals surface area contributed by atoms with Gasteiger partial charge in [-0.25, -0.2) is 0 Å². The molecule has 2 heterocycles. The van der Waals surface area contributed by atoms with Crippen LogP contribution < -0.4 is 21.3 Å². The van der Waals surface area contributed by atoms with E-state index in [0.29, 0.717) is 0 Å². The highest BCUT2D eigenvalue weighted by atomic mass is 15.2. The van der Waals surface area contributed by atoms with E-state index in [1.54, 1.807) is 0 Å². The zero-order valence-corrected chi connectivity index (χ0v) is 25.2. The summed E-state index contributed by atoms with van der Waals surface area (Å²) in [6.45, 7) is 0.183. The second kappa shape index (κ2) is 9.82. The SMILES string of the molecule is c1ccc(-c2cccc(-c3cc4c5c(c3)N(c3ccc6ccccc6c3)c3cc6ccccc6cc3B5c3ccccc3-4)c2)cc1. The van der Waals surface area contributed by atoms with Crippen molar-refractivity contribution in [2.45, 2.75) is 0 Å². The summed E-state index contributed by atoms with van der Waals surface area (Å²) >= 11 is 0. The highest BCUT2D eigenvalue weighted by Gasteiger charge is 2.42.